The van der Waals surface area contributed by atoms with Crippen LogP contribution < -0.4 is 0 Å². The van der Waals surface area contributed by atoms with E-state index in [4.69, 9.17) is 11.6 Å². The molecule has 0 aliphatic rings. The fraction of sp³-hybridized carbons (Fsp3) is 0.133. The van der Waals surface area contributed by atoms with Crippen LogP contribution in [-0.2, 0) is 6.42 Å². The predicted octanol–water partition coefficient (Wildman–Crippen LogP) is 4.21. The second kappa shape index (κ2) is 5.32. The van der Waals surface area contributed by atoms with Crippen LogP contribution >= 0.6 is 11.6 Å². The number of rotatable bonds is 3. The van der Waals surface area contributed by atoms with Gasteiger partial charge in [-0.3, -0.25) is 4.79 Å². The zero-order chi connectivity index (χ0) is 13.1. The smallest absolute Gasteiger partial charge is 0.167 e. The van der Waals surface area contributed by atoms with E-state index in [2.05, 4.69) is 0 Å². The van der Waals surface area contributed by atoms with Crippen LogP contribution in [0.15, 0.2) is 42.5 Å². The van der Waals surface area contributed by atoms with Gasteiger partial charge in [-0.2, -0.15) is 0 Å². The molecular weight excluding hydrogens is 251 g/mol. The number of hydrogen-bond acceptors (Lipinski definition) is 1. The van der Waals surface area contributed by atoms with E-state index in [0.29, 0.717) is 10.6 Å². The minimum Gasteiger partial charge on any atom is -0.294 e. The molecule has 3 heteroatoms. The molecule has 0 unspecified atom stereocenters. The van der Waals surface area contributed by atoms with E-state index in [9.17, 15) is 9.18 Å². The quantitative estimate of drug-likeness (QED) is 0.757. The van der Waals surface area contributed by atoms with Gasteiger partial charge < -0.3 is 0 Å². The average Bonchev–Trinajstić information content (AvgIpc) is 2.33. The van der Waals surface area contributed by atoms with Crippen molar-refractivity contribution in [2.75, 3.05) is 0 Å². The molecule has 2 rings (SSSR count). The van der Waals surface area contributed by atoms with Gasteiger partial charge in [0, 0.05) is 17.0 Å². The minimum absolute atomic E-state index is 0.00127. The van der Waals surface area contributed by atoms with Gasteiger partial charge in [0.1, 0.15) is 5.82 Å². The number of benzene rings is 2. The summed E-state index contributed by atoms with van der Waals surface area (Å²) in [6.07, 6.45) is 0.272. The fourth-order valence-electron chi connectivity index (χ4n) is 1.77. The second-order valence-electron chi connectivity index (χ2n) is 4.18. The topological polar surface area (TPSA) is 17.1 Å². The number of halogens is 2. The van der Waals surface area contributed by atoms with E-state index in [0.717, 1.165) is 11.1 Å². The van der Waals surface area contributed by atoms with Crippen LogP contribution in [0.5, 0.6) is 0 Å². The summed E-state index contributed by atoms with van der Waals surface area (Å²) in [6.45, 7) is 1.80. The lowest BCUT2D eigenvalue weighted by molar-refractivity contribution is 0.0992. The Morgan fingerprint density at radius 3 is 2.44 bits per heavy atom. The van der Waals surface area contributed by atoms with Gasteiger partial charge in [-0.15, -0.1) is 0 Å². The SMILES string of the molecule is Cc1cc(F)ccc1CC(=O)c1ccc(Cl)cc1. The normalized spacial score (nSPS) is 10.4. The number of carbonyl (C=O) groups excluding carboxylic acids is 1. The van der Waals surface area contributed by atoms with Crippen molar-refractivity contribution in [3.8, 4) is 0 Å². The molecule has 0 saturated heterocycles. The summed E-state index contributed by atoms with van der Waals surface area (Å²) >= 11 is 5.77. The van der Waals surface area contributed by atoms with Crippen LogP contribution in [0.3, 0.4) is 0 Å². The van der Waals surface area contributed by atoms with E-state index in [1.54, 1.807) is 37.3 Å². The third-order valence-corrected chi connectivity index (χ3v) is 3.07. The van der Waals surface area contributed by atoms with Crippen molar-refractivity contribution < 1.29 is 9.18 Å². The Morgan fingerprint density at radius 2 is 1.83 bits per heavy atom. The van der Waals surface area contributed by atoms with Crippen LogP contribution in [0, 0.1) is 12.7 Å². The summed E-state index contributed by atoms with van der Waals surface area (Å²) in [5.41, 5.74) is 2.25. The molecule has 0 saturated carbocycles. The standard InChI is InChI=1S/C15H12ClFO/c1-10-8-14(17)7-4-12(10)9-15(18)11-2-5-13(16)6-3-11/h2-8H,9H2,1H3. The summed E-state index contributed by atoms with van der Waals surface area (Å²) < 4.78 is 13.0. The van der Waals surface area contributed by atoms with Gasteiger partial charge in [-0.25, -0.2) is 4.39 Å². The molecule has 92 valence electrons. The van der Waals surface area contributed by atoms with Crippen LogP contribution in [0.1, 0.15) is 21.5 Å². The Bertz CT molecular complexity index is 576. The Morgan fingerprint density at radius 1 is 1.17 bits per heavy atom. The van der Waals surface area contributed by atoms with Crippen LogP contribution in [0.25, 0.3) is 0 Å². The molecule has 2 aromatic carbocycles. The summed E-state index contributed by atoms with van der Waals surface area (Å²) in [4.78, 5) is 12.0. The highest BCUT2D eigenvalue weighted by atomic mass is 35.5. The monoisotopic (exact) mass is 262 g/mol. The van der Waals surface area contributed by atoms with E-state index in [1.165, 1.54) is 12.1 Å². The van der Waals surface area contributed by atoms with Gasteiger partial charge in [0.15, 0.2) is 5.78 Å². The molecule has 0 fully saturated rings. The van der Waals surface area contributed by atoms with E-state index in [1.807, 2.05) is 0 Å². The zero-order valence-corrected chi connectivity index (χ0v) is 10.7. The maximum Gasteiger partial charge on any atom is 0.167 e. The number of hydrogen-bond donors (Lipinski definition) is 0. The van der Waals surface area contributed by atoms with E-state index in [-0.39, 0.29) is 18.0 Å². The summed E-state index contributed by atoms with van der Waals surface area (Å²) in [6, 6.07) is 11.2. The van der Waals surface area contributed by atoms with Crippen LogP contribution in [0.4, 0.5) is 4.39 Å². The lowest BCUT2D eigenvalue weighted by Crippen LogP contribution is -2.04. The Kier molecular flexibility index (Phi) is 3.78. The maximum atomic E-state index is 13.0. The lowest BCUT2D eigenvalue weighted by Gasteiger charge is -2.05. The summed E-state index contributed by atoms with van der Waals surface area (Å²) in [5, 5.41) is 0.601. The van der Waals surface area contributed by atoms with Gasteiger partial charge in [-0.1, -0.05) is 17.7 Å². The third-order valence-electron chi connectivity index (χ3n) is 2.82. The van der Waals surface area contributed by atoms with Crippen molar-refractivity contribution >= 4 is 17.4 Å². The summed E-state index contributed by atoms with van der Waals surface area (Å²) in [5.74, 6) is -0.281. The molecule has 0 aliphatic carbocycles. The number of ketones is 1. The van der Waals surface area contributed by atoms with Crippen molar-refractivity contribution in [3.05, 3.63) is 70.0 Å². The molecule has 0 amide bonds. The molecule has 1 nitrogen and oxygen atoms in total. The first-order valence-electron chi connectivity index (χ1n) is 5.60. The minimum atomic E-state index is -0.282. The highest BCUT2D eigenvalue weighted by Crippen LogP contribution is 2.15. The largest absolute Gasteiger partial charge is 0.294 e. The summed E-state index contributed by atoms with van der Waals surface area (Å²) in [7, 11) is 0. The first kappa shape index (κ1) is 12.8. The van der Waals surface area contributed by atoms with E-state index >= 15 is 0 Å². The molecule has 0 atom stereocenters. The fourth-order valence-corrected chi connectivity index (χ4v) is 1.89. The molecule has 0 aromatic heterocycles. The molecule has 0 radical (unpaired) electrons. The first-order chi connectivity index (χ1) is 8.56. The predicted molar refractivity (Wildman–Crippen MR) is 70.6 cm³/mol. The average molecular weight is 263 g/mol. The van der Waals surface area contributed by atoms with Crippen molar-refractivity contribution in [1.29, 1.82) is 0 Å². The van der Waals surface area contributed by atoms with Gasteiger partial charge in [0.2, 0.25) is 0 Å². The molecule has 0 aliphatic heterocycles. The van der Waals surface area contributed by atoms with Crippen LogP contribution in [-0.4, -0.2) is 5.78 Å². The van der Waals surface area contributed by atoms with Crippen molar-refractivity contribution in [2.45, 2.75) is 13.3 Å². The molecule has 0 spiro atoms. The number of Topliss-reactive ketones (excluding diaryl/α,β-unsaturated/α-hetero) is 1. The molecule has 2 aromatic rings. The molecule has 0 bridgehead atoms. The zero-order valence-electron chi connectivity index (χ0n) is 9.91. The van der Waals surface area contributed by atoms with Gasteiger partial charge in [0.25, 0.3) is 0 Å². The van der Waals surface area contributed by atoms with Gasteiger partial charge in [0.05, 0.1) is 0 Å². The van der Waals surface area contributed by atoms with Gasteiger partial charge in [-0.05, 0) is 54.4 Å². The van der Waals surface area contributed by atoms with Crippen LogP contribution in [0.2, 0.25) is 5.02 Å². The second-order valence-corrected chi connectivity index (χ2v) is 4.61. The third kappa shape index (κ3) is 2.96. The lowest BCUT2D eigenvalue weighted by atomic mass is 9.99. The molecule has 0 heterocycles. The Balaban J connectivity index is 2.18. The Hall–Kier alpha value is -1.67. The maximum absolute atomic E-state index is 13.0. The van der Waals surface area contributed by atoms with Crippen molar-refractivity contribution in [1.82, 2.24) is 0 Å². The first-order valence-corrected chi connectivity index (χ1v) is 5.98. The Labute approximate surface area is 110 Å². The highest BCUT2D eigenvalue weighted by molar-refractivity contribution is 6.30. The molecule has 18 heavy (non-hydrogen) atoms. The number of carbonyl (C=O) groups is 1. The van der Waals surface area contributed by atoms with Crippen molar-refractivity contribution in [3.63, 3.8) is 0 Å². The number of aryl methyl sites for hydroxylation is 1. The van der Waals surface area contributed by atoms with E-state index < -0.39 is 0 Å². The highest BCUT2D eigenvalue weighted by Gasteiger charge is 2.09. The molecular formula is C15H12ClFO. The molecule has 0 N–H and O–H groups in total. The van der Waals surface area contributed by atoms with Crippen molar-refractivity contribution in [2.24, 2.45) is 0 Å². The van der Waals surface area contributed by atoms with Gasteiger partial charge >= 0.3 is 0 Å².